The van der Waals surface area contributed by atoms with E-state index in [1.807, 2.05) is 0 Å². The number of carbonyl (C=O) groups excluding carboxylic acids is 2. The summed E-state index contributed by atoms with van der Waals surface area (Å²) in [4.78, 5) is 24.8. The number of hydrogen-bond acceptors (Lipinski definition) is 6. The van der Waals surface area contributed by atoms with Gasteiger partial charge in [-0.05, 0) is 30.7 Å². The zero-order chi connectivity index (χ0) is 19.2. The number of benzene rings is 2. The molecule has 1 aliphatic rings. The highest BCUT2D eigenvalue weighted by Crippen LogP contribution is 2.23. The van der Waals surface area contributed by atoms with Gasteiger partial charge < -0.3 is 25.0 Å². The summed E-state index contributed by atoms with van der Waals surface area (Å²) in [5, 5.41) is 22.4. The van der Waals surface area contributed by atoms with Crippen LogP contribution in [0, 0.1) is 0 Å². The second-order valence-corrected chi connectivity index (χ2v) is 6.25. The first-order chi connectivity index (χ1) is 13.1. The molecule has 7 nitrogen and oxygen atoms in total. The molecule has 1 heterocycles. The molecule has 3 N–H and O–H groups in total. The van der Waals surface area contributed by atoms with Crippen LogP contribution in [0.15, 0.2) is 60.7 Å². The molecule has 27 heavy (non-hydrogen) atoms. The second-order valence-electron chi connectivity index (χ2n) is 6.25. The van der Waals surface area contributed by atoms with E-state index in [2.05, 4.69) is 5.32 Å². The number of rotatable bonds is 5. The molecular weight excluding hydrogens is 350 g/mol. The minimum absolute atomic E-state index is 0.193. The predicted molar refractivity (Wildman–Crippen MR) is 95.9 cm³/mol. The lowest BCUT2D eigenvalue weighted by Crippen LogP contribution is -2.57. The summed E-state index contributed by atoms with van der Waals surface area (Å²) in [6.07, 6.45) is -3.05. The molecule has 0 radical (unpaired) electrons. The largest absolute Gasteiger partial charge is 0.451 e. The van der Waals surface area contributed by atoms with Crippen molar-refractivity contribution in [2.75, 3.05) is 6.61 Å². The lowest BCUT2D eigenvalue weighted by molar-refractivity contribution is -0.229. The van der Waals surface area contributed by atoms with E-state index < -0.39 is 30.5 Å². The van der Waals surface area contributed by atoms with Gasteiger partial charge in [0.2, 0.25) is 0 Å². The molecule has 4 atom stereocenters. The fraction of sp³-hybridized carbons (Fsp3) is 0.300. The van der Waals surface area contributed by atoms with E-state index in [1.165, 1.54) is 0 Å². The number of aliphatic hydroxyl groups is 2. The van der Waals surface area contributed by atoms with Crippen molar-refractivity contribution in [3.63, 3.8) is 0 Å². The Morgan fingerprint density at radius 3 is 2.22 bits per heavy atom. The second kappa shape index (κ2) is 8.77. The Morgan fingerprint density at radius 1 is 1.04 bits per heavy atom. The van der Waals surface area contributed by atoms with E-state index >= 15 is 0 Å². The smallest absolute Gasteiger partial charge is 0.338 e. The van der Waals surface area contributed by atoms with E-state index in [1.54, 1.807) is 60.7 Å². The predicted octanol–water partition coefficient (Wildman–Crippen LogP) is 1.11. The van der Waals surface area contributed by atoms with E-state index in [0.29, 0.717) is 11.1 Å². The first-order valence-electron chi connectivity index (χ1n) is 8.65. The van der Waals surface area contributed by atoms with Gasteiger partial charge in [-0.25, -0.2) is 4.79 Å². The summed E-state index contributed by atoms with van der Waals surface area (Å²) in [7, 11) is 0. The summed E-state index contributed by atoms with van der Waals surface area (Å²) < 4.78 is 10.7. The molecule has 0 aliphatic carbocycles. The molecule has 0 spiro atoms. The highest BCUT2D eigenvalue weighted by Gasteiger charge is 2.41. The van der Waals surface area contributed by atoms with Gasteiger partial charge in [0.05, 0.1) is 24.3 Å². The van der Waals surface area contributed by atoms with Gasteiger partial charge in [-0.3, -0.25) is 4.79 Å². The van der Waals surface area contributed by atoms with Crippen molar-refractivity contribution >= 4 is 11.9 Å². The maximum absolute atomic E-state index is 12.5. The molecule has 142 valence electrons. The van der Waals surface area contributed by atoms with E-state index in [4.69, 9.17) is 9.47 Å². The van der Waals surface area contributed by atoms with Gasteiger partial charge in [0.1, 0.15) is 0 Å². The summed E-state index contributed by atoms with van der Waals surface area (Å²) in [5.41, 5.74) is 0.759. The maximum Gasteiger partial charge on any atom is 0.338 e. The molecule has 0 saturated carbocycles. The molecule has 3 rings (SSSR count). The lowest BCUT2D eigenvalue weighted by Gasteiger charge is -2.38. The normalized spacial score (nSPS) is 24.8. The molecular formula is C20H21NO6. The van der Waals surface area contributed by atoms with Crippen LogP contribution in [-0.2, 0) is 9.47 Å². The number of hydrogen-bond donors (Lipinski definition) is 3. The quantitative estimate of drug-likeness (QED) is 0.680. The molecule has 1 amide bonds. The number of ether oxygens (including phenoxy) is 2. The van der Waals surface area contributed by atoms with Crippen LogP contribution in [0.4, 0.5) is 0 Å². The summed E-state index contributed by atoms with van der Waals surface area (Å²) in [5.74, 6) is -1.00. The van der Waals surface area contributed by atoms with Crippen LogP contribution in [0.5, 0.6) is 0 Å². The maximum atomic E-state index is 12.5. The Labute approximate surface area is 156 Å². The standard InChI is InChI=1S/C20H21NO6/c22-12-15-11-16(21-18(23)13-7-3-1-4-8-13)17(20(25)26-15)27-19(24)14-9-5-2-6-10-14/h1-10,15-17,20,22,25H,11-12H2,(H,21,23)/t15-,16-,17+,20-/m0/s1. The highest BCUT2D eigenvalue weighted by molar-refractivity contribution is 5.94. The van der Waals surface area contributed by atoms with Crippen molar-refractivity contribution in [3.8, 4) is 0 Å². The SMILES string of the molecule is O=C(N[C@H]1C[C@@H](CO)O[C@H](O)[C@@H]1OC(=O)c1ccccc1)c1ccccc1. The van der Waals surface area contributed by atoms with E-state index in [0.717, 1.165) is 0 Å². The molecule has 2 aromatic carbocycles. The van der Waals surface area contributed by atoms with Crippen molar-refractivity contribution < 1.29 is 29.3 Å². The molecule has 0 bridgehead atoms. The molecule has 7 heteroatoms. The van der Waals surface area contributed by atoms with Gasteiger partial charge in [-0.2, -0.15) is 0 Å². The van der Waals surface area contributed by atoms with Gasteiger partial charge in [-0.15, -0.1) is 0 Å². The summed E-state index contributed by atoms with van der Waals surface area (Å²) in [6, 6.07) is 16.2. The van der Waals surface area contributed by atoms with Crippen LogP contribution in [0.3, 0.4) is 0 Å². The van der Waals surface area contributed by atoms with Crippen LogP contribution < -0.4 is 5.32 Å². The third-order valence-electron chi connectivity index (χ3n) is 4.34. The number of nitrogens with one attached hydrogen (secondary N) is 1. The zero-order valence-electron chi connectivity index (χ0n) is 14.5. The molecule has 0 aromatic heterocycles. The minimum atomic E-state index is -1.47. The van der Waals surface area contributed by atoms with Crippen LogP contribution in [0.25, 0.3) is 0 Å². The number of aliphatic hydroxyl groups excluding tert-OH is 2. The van der Waals surface area contributed by atoms with Crippen molar-refractivity contribution in [1.29, 1.82) is 0 Å². The average molecular weight is 371 g/mol. The monoisotopic (exact) mass is 371 g/mol. The topological polar surface area (TPSA) is 105 Å². The molecule has 1 aliphatic heterocycles. The zero-order valence-corrected chi connectivity index (χ0v) is 14.5. The average Bonchev–Trinajstić information content (AvgIpc) is 2.71. The Morgan fingerprint density at radius 2 is 1.63 bits per heavy atom. The molecule has 1 saturated heterocycles. The van der Waals surface area contributed by atoms with Crippen LogP contribution >= 0.6 is 0 Å². The number of amides is 1. The van der Waals surface area contributed by atoms with Crippen molar-refractivity contribution in [3.05, 3.63) is 71.8 Å². The van der Waals surface area contributed by atoms with Gasteiger partial charge in [-0.1, -0.05) is 36.4 Å². The summed E-state index contributed by atoms with van der Waals surface area (Å²) in [6.45, 7) is -0.325. The van der Waals surface area contributed by atoms with E-state index in [-0.39, 0.29) is 18.9 Å². The number of carbonyl (C=O) groups is 2. The summed E-state index contributed by atoms with van der Waals surface area (Å²) >= 11 is 0. The van der Waals surface area contributed by atoms with Crippen molar-refractivity contribution in [1.82, 2.24) is 5.32 Å². The first-order valence-corrected chi connectivity index (χ1v) is 8.65. The number of esters is 1. The van der Waals surface area contributed by atoms with E-state index in [9.17, 15) is 19.8 Å². The third-order valence-corrected chi connectivity index (χ3v) is 4.34. The fourth-order valence-electron chi connectivity index (χ4n) is 2.95. The lowest BCUT2D eigenvalue weighted by atomic mass is 9.98. The fourth-order valence-corrected chi connectivity index (χ4v) is 2.95. The van der Waals surface area contributed by atoms with Gasteiger partial charge in [0.25, 0.3) is 5.91 Å². The Kier molecular flexibility index (Phi) is 6.18. The van der Waals surface area contributed by atoms with Crippen molar-refractivity contribution in [2.45, 2.75) is 31.0 Å². The van der Waals surface area contributed by atoms with Crippen LogP contribution in [0.2, 0.25) is 0 Å². The highest BCUT2D eigenvalue weighted by atomic mass is 16.7. The van der Waals surface area contributed by atoms with Gasteiger partial charge >= 0.3 is 5.97 Å². The van der Waals surface area contributed by atoms with Crippen LogP contribution in [-0.4, -0.2) is 53.2 Å². The minimum Gasteiger partial charge on any atom is -0.451 e. The molecule has 0 unspecified atom stereocenters. The molecule has 2 aromatic rings. The Bertz CT molecular complexity index is 767. The van der Waals surface area contributed by atoms with Gasteiger partial charge in [0.15, 0.2) is 12.4 Å². The first kappa shape index (κ1) is 19.0. The van der Waals surface area contributed by atoms with Gasteiger partial charge in [0, 0.05) is 5.56 Å². The van der Waals surface area contributed by atoms with Crippen LogP contribution in [0.1, 0.15) is 27.1 Å². The Balaban J connectivity index is 1.76. The van der Waals surface area contributed by atoms with Crippen molar-refractivity contribution in [2.24, 2.45) is 0 Å². The molecule has 1 fully saturated rings. The third kappa shape index (κ3) is 4.71. The Hall–Kier alpha value is -2.74.